The fraction of sp³-hybridized carbons (Fsp3) is 0.923. The maximum absolute atomic E-state index is 12.0. The molecule has 1 aliphatic rings. The lowest BCUT2D eigenvalue weighted by Crippen LogP contribution is -2.54. The van der Waals surface area contributed by atoms with E-state index in [4.69, 9.17) is 5.73 Å². The van der Waals surface area contributed by atoms with Crippen LogP contribution in [-0.2, 0) is 4.79 Å². The van der Waals surface area contributed by atoms with E-state index in [0.29, 0.717) is 12.3 Å². The molecule has 0 aromatic rings. The van der Waals surface area contributed by atoms with Crippen LogP contribution in [0.15, 0.2) is 0 Å². The Hall–Kier alpha value is -0.610. The predicted molar refractivity (Wildman–Crippen MR) is 68.5 cm³/mol. The van der Waals surface area contributed by atoms with Gasteiger partial charge in [0.25, 0.3) is 0 Å². The van der Waals surface area contributed by atoms with Gasteiger partial charge in [-0.05, 0) is 32.1 Å². The van der Waals surface area contributed by atoms with E-state index in [-0.39, 0.29) is 12.5 Å². The zero-order chi connectivity index (χ0) is 13.1. The minimum absolute atomic E-state index is 0.112. The molecule has 1 atom stereocenters. The summed E-state index contributed by atoms with van der Waals surface area (Å²) in [5.41, 5.74) is 4.49. The summed E-state index contributed by atoms with van der Waals surface area (Å²) in [6.07, 6.45) is 4.22. The molecular formula is C13H26N2O2. The number of hydrogen-bond donors (Lipinski definition) is 3. The molecule has 1 unspecified atom stereocenters. The highest BCUT2D eigenvalue weighted by atomic mass is 16.3. The molecule has 0 bridgehead atoms. The molecule has 1 amide bonds. The van der Waals surface area contributed by atoms with E-state index in [1.807, 2.05) is 0 Å². The number of hydrogen-bond acceptors (Lipinski definition) is 3. The van der Waals surface area contributed by atoms with Crippen molar-refractivity contribution in [2.24, 2.45) is 11.7 Å². The lowest BCUT2D eigenvalue weighted by atomic mass is 9.93. The van der Waals surface area contributed by atoms with E-state index >= 15 is 0 Å². The Morgan fingerprint density at radius 2 is 2.00 bits per heavy atom. The van der Waals surface area contributed by atoms with E-state index in [1.165, 1.54) is 0 Å². The van der Waals surface area contributed by atoms with E-state index in [9.17, 15) is 9.90 Å². The molecule has 0 heterocycles. The normalized spacial score (nSPS) is 22.5. The second kappa shape index (κ2) is 5.36. The van der Waals surface area contributed by atoms with Gasteiger partial charge < -0.3 is 16.2 Å². The predicted octanol–water partition coefficient (Wildman–Crippen LogP) is 1.17. The summed E-state index contributed by atoms with van der Waals surface area (Å²) in [5.74, 6) is 0.291. The second-order valence-corrected chi connectivity index (χ2v) is 6.14. The van der Waals surface area contributed by atoms with Crippen LogP contribution in [0.2, 0.25) is 0 Å². The van der Waals surface area contributed by atoms with Crippen molar-refractivity contribution in [1.82, 2.24) is 5.32 Å². The van der Waals surface area contributed by atoms with Crippen LogP contribution in [0.3, 0.4) is 0 Å². The number of nitrogens with one attached hydrogen (secondary N) is 1. The number of nitrogens with two attached hydrogens (primary N) is 1. The number of carbonyl (C=O) groups is 1. The van der Waals surface area contributed by atoms with E-state index < -0.39 is 11.1 Å². The summed E-state index contributed by atoms with van der Waals surface area (Å²) < 4.78 is 0. The van der Waals surface area contributed by atoms with E-state index in [1.54, 1.807) is 6.92 Å². The molecule has 4 heteroatoms. The highest BCUT2D eigenvalue weighted by Gasteiger charge is 2.37. The van der Waals surface area contributed by atoms with Gasteiger partial charge in [-0.15, -0.1) is 0 Å². The molecule has 0 spiro atoms. The van der Waals surface area contributed by atoms with Gasteiger partial charge >= 0.3 is 0 Å². The molecule has 4 N–H and O–H groups in total. The minimum Gasteiger partial charge on any atom is -0.388 e. The third kappa shape index (κ3) is 4.28. The average Bonchev–Trinajstić information content (AvgIpc) is 2.61. The fourth-order valence-electron chi connectivity index (χ4n) is 2.63. The van der Waals surface area contributed by atoms with Crippen molar-refractivity contribution >= 4 is 5.91 Å². The molecule has 100 valence electrons. The van der Waals surface area contributed by atoms with Crippen molar-refractivity contribution < 1.29 is 9.90 Å². The lowest BCUT2D eigenvalue weighted by Gasteiger charge is -2.28. The van der Waals surface area contributed by atoms with Crippen LogP contribution >= 0.6 is 0 Å². The number of amides is 1. The second-order valence-electron chi connectivity index (χ2n) is 6.14. The van der Waals surface area contributed by atoms with Crippen LogP contribution in [-0.4, -0.2) is 28.7 Å². The summed E-state index contributed by atoms with van der Waals surface area (Å²) in [6.45, 7) is 6.14. The third-order valence-electron chi connectivity index (χ3n) is 3.43. The molecule has 0 radical (unpaired) electrons. The number of carbonyl (C=O) groups excluding carboxylic acids is 1. The van der Waals surface area contributed by atoms with Gasteiger partial charge in [0.05, 0.1) is 11.1 Å². The van der Waals surface area contributed by atoms with Gasteiger partial charge in [-0.2, -0.15) is 0 Å². The lowest BCUT2D eigenvalue weighted by molar-refractivity contribution is -0.127. The molecule has 0 aliphatic heterocycles. The fourth-order valence-corrected chi connectivity index (χ4v) is 2.63. The highest BCUT2D eigenvalue weighted by molar-refractivity contribution is 5.86. The molecular weight excluding hydrogens is 216 g/mol. The maximum atomic E-state index is 12.0. The summed E-state index contributed by atoms with van der Waals surface area (Å²) in [4.78, 5) is 12.0. The van der Waals surface area contributed by atoms with Gasteiger partial charge in [0, 0.05) is 6.54 Å². The Morgan fingerprint density at radius 3 is 2.47 bits per heavy atom. The first-order valence-corrected chi connectivity index (χ1v) is 6.55. The molecule has 1 saturated carbocycles. The van der Waals surface area contributed by atoms with E-state index in [2.05, 4.69) is 19.2 Å². The first-order valence-electron chi connectivity index (χ1n) is 6.55. The molecule has 0 aromatic heterocycles. The molecule has 0 saturated heterocycles. The smallest absolute Gasteiger partial charge is 0.240 e. The van der Waals surface area contributed by atoms with Gasteiger partial charge in [-0.3, -0.25) is 4.79 Å². The SMILES string of the molecule is CC(C)CC(C)(O)CNC(=O)C1(N)CCCC1. The minimum atomic E-state index is -0.848. The Bertz CT molecular complexity index is 269. The summed E-state index contributed by atoms with van der Waals surface area (Å²) in [6, 6.07) is 0. The molecule has 1 rings (SSSR count). The zero-order valence-corrected chi connectivity index (χ0v) is 11.3. The maximum Gasteiger partial charge on any atom is 0.240 e. The van der Waals surface area contributed by atoms with Crippen molar-refractivity contribution in [3.63, 3.8) is 0 Å². The topological polar surface area (TPSA) is 75.3 Å². The first-order chi connectivity index (χ1) is 7.75. The van der Waals surface area contributed by atoms with Gasteiger partial charge in [0.15, 0.2) is 0 Å². The molecule has 0 aromatic carbocycles. The number of rotatable bonds is 5. The Kier molecular flexibility index (Phi) is 4.55. The van der Waals surface area contributed by atoms with Gasteiger partial charge in [0.1, 0.15) is 0 Å². The Labute approximate surface area is 104 Å². The van der Waals surface area contributed by atoms with Crippen LogP contribution in [0.1, 0.15) is 52.9 Å². The molecule has 1 fully saturated rings. The largest absolute Gasteiger partial charge is 0.388 e. The monoisotopic (exact) mass is 242 g/mol. The van der Waals surface area contributed by atoms with E-state index in [0.717, 1.165) is 25.7 Å². The summed E-state index contributed by atoms with van der Waals surface area (Å²) in [7, 11) is 0. The van der Waals surface area contributed by atoms with Crippen molar-refractivity contribution in [3.05, 3.63) is 0 Å². The van der Waals surface area contributed by atoms with Crippen LogP contribution < -0.4 is 11.1 Å². The first kappa shape index (κ1) is 14.5. The zero-order valence-electron chi connectivity index (χ0n) is 11.3. The van der Waals surface area contributed by atoms with Crippen molar-refractivity contribution in [3.8, 4) is 0 Å². The number of aliphatic hydroxyl groups is 1. The van der Waals surface area contributed by atoms with Crippen LogP contribution in [0.5, 0.6) is 0 Å². The highest BCUT2D eigenvalue weighted by Crippen LogP contribution is 2.27. The van der Waals surface area contributed by atoms with Crippen LogP contribution in [0, 0.1) is 5.92 Å². The standard InChI is InChI=1S/C13H26N2O2/c1-10(2)8-12(3,17)9-15-11(16)13(14)6-4-5-7-13/h10,17H,4-9,14H2,1-3H3,(H,15,16). The van der Waals surface area contributed by atoms with Crippen LogP contribution in [0.4, 0.5) is 0 Å². The third-order valence-corrected chi connectivity index (χ3v) is 3.43. The average molecular weight is 242 g/mol. The van der Waals surface area contributed by atoms with Crippen molar-refractivity contribution in [1.29, 1.82) is 0 Å². The van der Waals surface area contributed by atoms with Crippen molar-refractivity contribution in [2.45, 2.75) is 64.0 Å². The molecule has 1 aliphatic carbocycles. The van der Waals surface area contributed by atoms with Gasteiger partial charge in [0.2, 0.25) is 5.91 Å². The van der Waals surface area contributed by atoms with Crippen molar-refractivity contribution in [2.75, 3.05) is 6.54 Å². The quantitative estimate of drug-likeness (QED) is 0.677. The van der Waals surface area contributed by atoms with Gasteiger partial charge in [-0.1, -0.05) is 26.7 Å². The van der Waals surface area contributed by atoms with Crippen LogP contribution in [0.25, 0.3) is 0 Å². The molecule has 4 nitrogen and oxygen atoms in total. The van der Waals surface area contributed by atoms with Gasteiger partial charge in [-0.25, -0.2) is 0 Å². The Morgan fingerprint density at radius 1 is 1.47 bits per heavy atom. The summed E-state index contributed by atoms with van der Waals surface area (Å²) >= 11 is 0. The Balaban J connectivity index is 2.42. The summed E-state index contributed by atoms with van der Waals surface area (Å²) in [5, 5.41) is 12.9. The molecule has 17 heavy (non-hydrogen) atoms.